The standard InChI is InChI=1S/C46H65FN3O14PS5/c1-44(2,3)62-41(52)50(42(53)63-45(4,5)6)36-20-21-49(40(51)48-36)39-37(47)38(61-43(54)64-46(7,8)9)35(70-39)32-60-65(55,58-24-28-68-66-26-22-56-30-33-16-12-10-13-17-33)59-25-29-69-67-27-23-57-31-34-18-14-11-15-19-34/h10-21,35,37-39H,22-32H2,1-9H3/t35-,37+,38-,39-/m1/s1. The monoisotopic (exact) mass is 1090 g/mol. The molecule has 4 rings (SSSR count). The Labute approximate surface area is 430 Å². The van der Waals surface area contributed by atoms with E-state index in [2.05, 4.69) is 4.98 Å². The number of thioether (sulfide) groups is 1. The van der Waals surface area contributed by atoms with Crippen molar-refractivity contribution in [2.45, 2.75) is 115 Å². The molecule has 0 saturated carbocycles. The number of alkyl halides is 1. The Kier molecular flexibility index (Phi) is 24.7. The van der Waals surface area contributed by atoms with Crippen molar-refractivity contribution in [3.8, 4) is 0 Å². The first-order valence-corrected chi connectivity index (χ1v) is 29.7. The number of phosphoric ester groups is 1. The van der Waals surface area contributed by atoms with Crippen LogP contribution in [0.2, 0.25) is 0 Å². The lowest BCUT2D eigenvalue weighted by Crippen LogP contribution is -2.45. The zero-order valence-corrected chi connectivity index (χ0v) is 45.9. The minimum absolute atomic E-state index is 0.0263. The molecule has 1 aliphatic rings. The second-order valence-electron chi connectivity index (χ2n) is 18.1. The number of carbonyl (C=O) groups excluding carboxylic acids is 3. The highest BCUT2D eigenvalue weighted by atomic mass is 33.1. The quantitative estimate of drug-likeness (QED) is 0.0242. The average molecular weight is 1090 g/mol. The van der Waals surface area contributed by atoms with Gasteiger partial charge in [0, 0.05) is 29.2 Å². The first kappa shape index (κ1) is 59.6. The SMILES string of the molecule is CC(C)(C)OC(=O)O[C@H]1[C@H](F)[C@H](n2ccc(N(C(=O)OC(C)(C)C)C(=O)OC(C)(C)C)nc2=O)S[C@@H]1COP(=O)(OCCSSCCOCc1ccccc1)OCCSSCCOCc1ccccc1. The first-order chi connectivity index (χ1) is 33.0. The third-order valence-corrected chi connectivity index (χ3v) is 16.2. The summed E-state index contributed by atoms with van der Waals surface area (Å²) in [5, 5.41) is -2.50. The van der Waals surface area contributed by atoms with Gasteiger partial charge >= 0.3 is 31.9 Å². The number of carbonyl (C=O) groups is 3. The summed E-state index contributed by atoms with van der Waals surface area (Å²) in [6, 6.07) is 20.8. The van der Waals surface area contributed by atoms with Gasteiger partial charge in [0.1, 0.15) is 22.2 Å². The van der Waals surface area contributed by atoms with Gasteiger partial charge in [0.05, 0.1) is 51.5 Å². The second-order valence-corrected chi connectivity index (χ2v) is 26.5. The van der Waals surface area contributed by atoms with Crippen molar-refractivity contribution in [1.82, 2.24) is 9.55 Å². The van der Waals surface area contributed by atoms with Crippen LogP contribution in [0, 0.1) is 0 Å². The van der Waals surface area contributed by atoms with E-state index in [1.165, 1.54) is 21.6 Å². The fraction of sp³-hybridized carbons (Fsp3) is 0.587. The maximum absolute atomic E-state index is 16.7. The molecule has 0 spiro atoms. The molecule has 390 valence electrons. The van der Waals surface area contributed by atoms with Gasteiger partial charge in [-0.2, -0.15) is 9.88 Å². The zero-order valence-electron chi connectivity index (χ0n) is 40.9. The van der Waals surface area contributed by atoms with E-state index in [9.17, 15) is 23.7 Å². The number of hydrogen-bond acceptors (Lipinski definition) is 20. The maximum Gasteiger partial charge on any atom is 0.509 e. The van der Waals surface area contributed by atoms with Gasteiger partial charge in [-0.3, -0.25) is 18.1 Å². The Morgan fingerprint density at radius 3 is 1.59 bits per heavy atom. The van der Waals surface area contributed by atoms with Crippen LogP contribution in [0.5, 0.6) is 0 Å². The van der Waals surface area contributed by atoms with Crippen molar-refractivity contribution in [2.75, 3.05) is 60.9 Å². The van der Waals surface area contributed by atoms with Crippen molar-refractivity contribution < 1.29 is 65.3 Å². The van der Waals surface area contributed by atoms with Crippen LogP contribution in [0.1, 0.15) is 78.8 Å². The van der Waals surface area contributed by atoms with Crippen molar-refractivity contribution in [1.29, 1.82) is 0 Å². The number of anilines is 1. The summed E-state index contributed by atoms with van der Waals surface area (Å²) in [4.78, 5) is 57.7. The maximum atomic E-state index is 16.7. The van der Waals surface area contributed by atoms with Crippen molar-refractivity contribution in [3.05, 3.63) is 94.5 Å². The lowest BCUT2D eigenvalue weighted by atomic mass is 10.1. The Bertz CT molecular complexity index is 2090. The number of amides is 2. The predicted octanol–water partition coefficient (Wildman–Crippen LogP) is 11.5. The molecule has 0 N–H and O–H groups in total. The largest absolute Gasteiger partial charge is 0.509 e. The Morgan fingerprint density at radius 2 is 1.14 bits per heavy atom. The van der Waals surface area contributed by atoms with Gasteiger partial charge in [0.2, 0.25) is 0 Å². The molecule has 24 heteroatoms. The Hall–Kier alpha value is -2.96. The van der Waals surface area contributed by atoms with Crippen LogP contribution in [0.15, 0.2) is 77.7 Å². The van der Waals surface area contributed by atoms with Crippen LogP contribution in [0.3, 0.4) is 0 Å². The summed E-state index contributed by atoms with van der Waals surface area (Å²) >= 11 is 0.840. The van der Waals surface area contributed by atoms with E-state index in [0.29, 0.717) is 54.3 Å². The first-order valence-electron chi connectivity index (χ1n) is 22.3. The summed E-state index contributed by atoms with van der Waals surface area (Å²) in [7, 11) is 1.76. The molecule has 1 aliphatic heterocycles. The number of halogens is 1. The number of rotatable bonds is 26. The Balaban J connectivity index is 1.45. The van der Waals surface area contributed by atoms with Crippen molar-refractivity contribution >= 4 is 86.9 Å². The van der Waals surface area contributed by atoms with E-state index < -0.39 is 84.0 Å². The third kappa shape index (κ3) is 22.4. The molecule has 1 fully saturated rings. The van der Waals surface area contributed by atoms with Gasteiger partial charge < -0.3 is 28.4 Å². The summed E-state index contributed by atoms with van der Waals surface area (Å²) < 4.78 is 82.5. The van der Waals surface area contributed by atoms with E-state index in [0.717, 1.165) is 39.7 Å². The van der Waals surface area contributed by atoms with E-state index >= 15 is 4.39 Å². The topological polar surface area (TPSA) is 189 Å². The molecule has 3 aromatic rings. The molecule has 2 amide bonds. The summed E-state index contributed by atoms with van der Waals surface area (Å²) in [6.07, 6.45) is -6.06. The zero-order chi connectivity index (χ0) is 51.4. The van der Waals surface area contributed by atoms with Crippen molar-refractivity contribution in [2.24, 2.45) is 0 Å². The minimum atomic E-state index is -4.33. The van der Waals surface area contributed by atoms with Crippen LogP contribution in [0.25, 0.3) is 0 Å². The van der Waals surface area contributed by atoms with E-state index in [1.54, 1.807) is 83.9 Å². The fourth-order valence-electron chi connectivity index (χ4n) is 5.77. The highest BCUT2D eigenvalue weighted by molar-refractivity contribution is 8.77. The lowest BCUT2D eigenvalue weighted by Gasteiger charge is -2.28. The molecular formula is C46H65FN3O14PS5. The van der Waals surface area contributed by atoms with Gasteiger partial charge in [0.15, 0.2) is 18.1 Å². The minimum Gasteiger partial charge on any atom is -0.443 e. The van der Waals surface area contributed by atoms with E-state index in [-0.39, 0.29) is 13.2 Å². The normalized spacial score (nSPS) is 17.5. The number of phosphoric acid groups is 1. The molecule has 1 aromatic heterocycles. The molecule has 1 saturated heterocycles. The molecule has 2 aromatic carbocycles. The highest BCUT2D eigenvalue weighted by Crippen LogP contribution is 2.53. The van der Waals surface area contributed by atoms with Gasteiger partial charge in [-0.15, -0.1) is 11.8 Å². The van der Waals surface area contributed by atoms with Gasteiger partial charge in [0.25, 0.3) is 0 Å². The van der Waals surface area contributed by atoms with Crippen LogP contribution in [-0.4, -0.2) is 118 Å². The lowest BCUT2D eigenvalue weighted by molar-refractivity contribution is -0.0461. The molecule has 0 bridgehead atoms. The van der Waals surface area contributed by atoms with Gasteiger partial charge in [-0.05, 0) is 79.5 Å². The number of imide groups is 1. The van der Waals surface area contributed by atoms with Crippen LogP contribution in [-0.2, 0) is 59.8 Å². The highest BCUT2D eigenvalue weighted by Gasteiger charge is 2.50. The fourth-order valence-corrected chi connectivity index (χ4v) is 12.2. The van der Waals surface area contributed by atoms with Gasteiger partial charge in [-0.1, -0.05) is 104 Å². The van der Waals surface area contributed by atoms with Gasteiger partial charge in [-0.25, -0.2) is 28.1 Å². The number of nitrogens with zero attached hydrogens (tertiary/aromatic N) is 3. The van der Waals surface area contributed by atoms with Crippen LogP contribution >= 0.6 is 62.8 Å². The molecule has 0 unspecified atom stereocenters. The van der Waals surface area contributed by atoms with Crippen LogP contribution < -0.4 is 10.6 Å². The molecule has 4 atom stereocenters. The summed E-state index contributed by atoms with van der Waals surface area (Å²) in [6.45, 7) is 15.9. The number of ether oxygens (including phenoxy) is 6. The molecule has 0 radical (unpaired) electrons. The summed E-state index contributed by atoms with van der Waals surface area (Å²) in [5.41, 5.74) is -1.99. The van der Waals surface area contributed by atoms with Crippen molar-refractivity contribution in [3.63, 3.8) is 0 Å². The number of hydrogen-bond donors (Lipinski definition) is 0. The molecule has 70 heavy (non-hydrogen) atoms. The third-order valence-electron chi connectivity index (χ3n) is 8.60. The Morgan fingerprint density at radius 1 is 0.686 bits per heavy atom. The predicted molar refractivity (Wildman–Crippen MR) is 277 cm³/mol. The smallest absolute Gasteiger partial charge is 0.443 e. The van der Waals surface area contributed by atoms with E-state index in [4.69, 9.17) is 42.0 Å². The molecular weight excluding hydrogens is 1030 g/mol. The summed E-state index contributed by atoms with van der Waals surface area (Å²) in [5.74, 6) is 1.78. The second kappa shape index (κ2) is 29.1. The number of benzene rings is 2. The van der Waals surface area contributed by atoms with E-state index in [1.807, 2.05) is 60.7 Å². The number of aromatic nitrogens is 2. The average Bonchev–Trinajstić information content (AvgIpc) is 3.56. The molecule has 0 aliphatic carbocycles. The van der Waals surface area contributed by atoms with Crippen LogP contribution in [0.4, 0.5) is 24.6 Å². The molecule has 17 nitrogen and oxygen atoms in total. The molecule has 2 heterocycles.